The van der Waals surface area contributed by atoms with Gasteiger partial charge in [0, 0.05) is 62.9 Å². The third-order valence-electron chi connectivity index (χ3n) is 16.5. The Morgan fingerprint density at radius 2 is 1.57 bits per heavy atom. The number of nitrogens with zero attached hydrogens (tertiary/aromatic N) is 3. The number of fused-ring (bicyclic) bond motifs is 4. The molecule has 8 fully saturated rings. The minimum Gasteiger partial charge on any atom is -0.446 e. The van der Waals surface area contributed by atoms with Crippen LogP contribution in [0.15, 0.2) is 0 Å². The van der Waals surface area contributed by atoms with Crippen LogP contribution in [0.1, 0.15) is 113 Å². The Labute approximate surface area is 305 Å². The number of carbonyl (C=O) groups excluding carboxylic acids is 3. The van der Waals surface area contributed by atoms with Gasteiger partial charge in [-0.25, -0.2) is 9.59 Å². The Morgan fingerprint density at radius 3 is 2.20 bits per heavy atom. The number of amides is 3. The molecule has 3 heterocycles. The molecule has 10 heteroatoms. The first-order chi connectivity index (χ1) is 24.0. The Balaban J connectivity index is 0.996. The SMILES string of the molecule is CC(=O)N1CCN(C(=O)OC2CC[C@]34C[C@]35CC[C@]3(C)[C@@H]6[C](O[C]([C@H](OC(=O)N7CCC7)C(C)C)C[C@H]6C)[C@H](O)[C@@]3(C)[C]5CC[C@H]4C2(C)C)CC1. The maximum atomic E-state index is 13.4. The monoisotopic (exact) mass is 708 g/mol. The Hall–Kier alpha value is -2.07. The number of aliphatic hydroxyl groups is 1. The van der Waals surface area contributed by atoms with Gasteiger partial charge in [-0.15, -0.1) is 0 Å². The summed E-state index contributed by atoms with van der Waals surface area (Å²) in [7, 11) is 0. The van der Waals surface area contributed by atoms with E-state index in [2.05, 4.69) is 48.5 Å². The molecule has 3 aliphatic heterocycles. The predicted octanol–water partition coefficient (Wildman–Crippen LogP) is 6.62. The van der Waals surface area contributed by atoms with Gasteiger partial charge in [0.05, 0.1) is 6.10 Å². The topological polar surface area (TPSA) is 109 Å². The molecule has 1 N–H and O–H groups in total. The van der Waals surface area contributed by atoms with Gasteiger partial charge < -0.3 is 34.0 Å². The molecule has 3 amide bonds. The van der Waals surface area contributed by atoms with Gasteiger partial charge in [-0.3, -0.25) is 4.79 Å². The number of rotatable bonds is 4. The van der Waals surface area contributed by atoms with Crippen LogP contribution in [0.4, 0.5) is 9.59 Å². The molecule has 8 aliphatic rings. The van der Waals surface area contributed by atoms with Crippen LogP contribution < -0.4 is 0 Å². The van der Waals surface area contributed by atoms with Crippen LogP contribution in [0.2, 0.25) is 0 Å². The van der Waals surface area contributed by atoms with E-state index in [4.69, 9.17) is 14.2 Å². The van der Waals surface area contributed by atoms with E-state index >= 15 is 0 Å². The molecule has 0 aromatic heterocycles. The number of likely N-dealkylation sites (tertiary alicyclic amines) is 1. The Bertz CT molecular complexity index is 1430. The van der Waals surface area contributed by atoms with Gasteiger partial charge in [0.25, 0.3) is 0 Å². The molecular weight excluding hydrogens is 646 g/mol. The average molecular weight is 709 g/mol. The van der Waals surface area contributed by atoms with Crippen molar-refractivity contribution in [3.63, 3.8) is 0 Å². The first kappa shape index (κ1) is 35.9. The summed E-state index contributed by atoms with van der Waals surface area (Å²) >= 11 is 0. The number of ether oxygens (including phenoxy) is 3. The van der Waals surface area contributed by atoms with Gasteiger partial charge >= 0.3 is 12.2 Å². The summed E-state index contributed by atoms with van der Waals surface area (Å²) in [5.41, 5.74) is -0.401. The van der Waals surface area contributed by atoms with Crippen LogP contribution in [-0.4, -0.2) is 95.5 Å². The van der Waals surface area contributed by atoms with E-state index in [-0.39, 0.29) is 63.6 Å². The molecule has 8 rings (SSSR count). The summed E-state index contributed by atoms with van der Waals surface area (Å²) in [6, 6.07) is 0. The molecule has 1 unspecified atom stereocenters. The minimum absolute atomic E-state index is 0.0538. The lowest BCUT2D eigenvalue weighted by Crippen LogP contribution is -2.59. The number of piperazine rings is 1. The minimum atomic E-state index is -0.709. The smallest absolute Gasteiger partial charge is 0.410 e. The molecule has 0 aromatic carbocycles. The molecule has 283 valence electrons. The molecule has 3 radical (unpaired) electrons. The summed E-state index contributed by atoms with van der Waals surface area (Å²) in [5.74, 6) is 2.54. The maximum Gasteiger partial charge on any atom is 0.410 e. The van der Waals surface area contributed by atoms with Crippen LogP contribution in [0.25, 0.3) is 0 Å². The van der Waals surface area contributed by atoms with Crippen molar-refractivity contribution < 1.29 is 33.7 Å². The summed E-state index contributed by atoms with van der Waals surface area (Å²) in [5, 5.41) is 12.6. The molecule has 3 saturated heterocycles. The van der Waals surface area contributed by atoms with Gasteiger partial charge in [-0.1, -0.05) is 48.5 Å². The van der Waals surface area contributed by atoms with E-state index in [1.807, 2.05) is 0 Å². The van der Waals surface area contributed by atoms with Crippen LogP contribution in [0.5, 0.6) is 0 Å². The molecule has 0 aromatic rings. The summed E-state index contributed by atoms with van der Waals surface area (Å²) in [4.78, 5) is 43.5. The highest BCUT2D eigenvalue weighted by molar-refractivity contribution is 5.74. The van der Waals surface area contributed by atoms with Crippen molar-refractivity contribution >= 4 is 18.1 Å². The maximum absolute atomic E-state index is 13.4. The van der Waals surface area contributed by atoms with Crippen molar-refractivity contribution in [1.82, 2.24) is 14.7 Å². The third kappa shape index (κ3) is 4.88. The van der Waals surface area contributed by atoms with E-state index in [0.29, 0.717) is 32.1 Å². The zero-order chi connectivity index (χ0) is 36.5. The highest BCUT2D eigenvalue weighted by Gasteiger charge is 2.85. The van der Waals surface area contributed by atoms with Gasteiger partial charge in [-0.05, 0) is 97.7 Å². The van der Waals surface area contributed by atoms with Gasteiger partial charge in [0.15, 0.2) is 0 Å². The van der Waals surface area contributed by atoms with Crippen molar-refractivity contribution in [3.8, 4) is 0 Å². The van der Waals surface area contributed by atoms with E-state index in [9.17, 15) is 19.5 Å². The first-order valence-corrected chi connectivity index (χ1v) is 20.1. The molecule has 51 heavy (non-hydrogen) atoms. The fourth-order valence-corrected chi connectivity index (χ4v) is 13.5. The van der Waals surface area contributed by atoms with Crippen molar-refractivity contribution in [2.75, 3.05) is 39.3 Å². The number of carbonyl (C=O) groups is 3. The van der Waals surface area contributed by atoms with Crippen molar-refractivity contribution in [3.05, 3.63) is 18.1 Å². The second-order valence-electron chi connectivity index (χ2n) is 19.3. The number of hydrogen-bond acceptors (Lipinski definition) is 7. The molecular formula is C41H62N3O7. The van der Waals surface area contributed by atoms with Crippen molar-refractivity contribution in [1.29, 1.82) is 0 Å². The lowest BCUT2D eigenvalue weighted by atomic mass is 9.41. The fraction of sp³-hybridized carbons (Fsp3) is 0.854. The zero-order valence-corrected chi connectivity index (χ0v) is 32.4. The molecule has 10 atom stereocenters. The van der Waals surface area contributed by atoms with Crippen LogP contribution in [0.3, 0.4) is 0 Å². The van der Waals surface area contributed by atoms with Crippen LogP contribution >= 0.6 is 0 Å². The van der Waals surface area contributed by atoms with Gasteiger partial charge in [0.1, 0.15) is 24.4 Å². The van der Waals surface area contributed by atoms with E-state index in [0.717, 1.165) is 76.7 Å². The number of hydrogen-bond donors (Lipinski definition) is 1. The molecule has 5 aliphatic carbocycles. The summed E-state index contributed by atoms with van der Waals surface area (Å²) < 4.78 is 19.3. The average Bonchev–Trinajstić information content (AvgIpc) is 3.68. The zero-order valence-electron chi connectivity index (χ0n) is 32.4. The Kier molecular flexibility index (Phi) is 8.43. The second kappa shape index (κ2) is 12.0. The fourth-order valence-electron chi connectivity index (χ4n) is 13.5. The van der Waals surface area contributed by atoms with Gasteiger partial charge in [0.2, 0.25) is 5.91 Å². The number of aliphatic hydroxyl groups excluding tert-OH is 1. The summed E-state index contributed by atoms with van der Waals surface area (Å²) in [6.07, 6.45) is 8.87. The van der Waals surface area contributed by atoms with E-state index < -0.39 is 17.6 Å². The molecule has 10 nitrogen and oxygen atoms in total. The van der Waals surface area contributed by atoms with Crippen LogP contribution in [0, 0.1) is 68.9 Å². The predicted molar refractivity (Wildman–Crippen MR) is 190 cm³/mol. The molecule has 2 spiro atoms. The third-order valence-corrected chi connectivity index (χ3v) is 16.5. The quantitative estimate of drug-likeness (QED) is 0.350. The highest BCUT2D eigenvalue weighted by Crippen LogP contribution is 2.90. The van der Waals surface area contributed by atoms with Crippen LogP contribution in [-0.2, 0) is 19.0 Å². The van der Waals surface area contributed by atoms with E-state index in [1.54, 1.807) is 27.5 Å². The normalized spacial score (nSPS) is 44.0. The lowest BCUT2D eigenvalue weighted by molar-refractivity contribution is -0.133. The Morgan fingerprint density at radius 1 is 0.902 bits per heavy atom. The van der Waals surface area contributed by atoms with Gasteiger partial charge in [-0.2, -0.15) is 0 Å². The molecule has 0 bridgehead atoms. The largest absolute Gasteiger partial charge is 0.446 e. The standard InChI is InChI=1S/C41H62N3O7/c1-24(2)32(51-36(48)43-16-9-17-43)27-22-25(3)31-33(49-27)34(46)39(8)29-11-10-28-37(5,6)30(50-35(47)44-20-18-42(19-21-44)26(4)45)12-13-40(28)23-41(29,40)15-14-38(31,39)7/h24-25,28,30-32,34,46H,9-23H2,1-8H3/t25-,28+,30?,31+,32-,34+,38-,39-,40-,41+/m1/s1. The molecule has 5 saturated carbocycles. The summed E-state index contributed by atoms with van der Waals surface area (Å²) in [6.45, 7) is 21.2. The van der Waals surface area contributed by atoms with E-state index in [1.165, 1.54) is 6.42 Å². The van der Waals surface area contributed by atoms with Crippen molar-refractivity contribution in [2.24, 2.45) is 50.7 Å². The second-order valence-corrected chi connectivity index (χ2v) is 19.3. The highest BCUT2D eigenvalue weighted by atomic mass is 16.6. The van der Waals surface area contributed by atoms with Crippen molar-refractivity contribution in [2.45, 2.75) is 131 Å². The first-order valence-electron chi connectivity index (χ1n) is 20.1. The lowest BCUT2D eigenvalue weighted by Gasteiger charge is -2.63.